The summed E-state index contributed by atoms with van der Waals surface area (Å²) in [5.41, 5.74) is 1.45. The van der Waals surface area contributed by atoms with Gasteiger partial charge in [0.05, 0.1) is 12.7 Å². The summed E-state index contributed by atoms with van der Waals surface area (Å²) < 4.78 is 0. The molecule has 3 N–H and O–H groups in total. The molecule has 1 aliphatic rings. The van der Waals surface area contributed by atoms with E-state index in [1.165, 1.54) is 16.3 Å². The van der Waals surface area contributed by atoms with E-state index in [2.05, 4.69) is 47.8 Å². The van der Waals surface area contributed by atoms with Crippen molar-refractivity contribution in [3.05, 3.63) is 48.0 Å². The van der Waals surface area contributed by atoms with E-state index in [4.69, 9.17) is 5.11 Å². The molecule has 0 heterocycles. The Kier molecular flexibility index (Phi) is 3.74. The number of hydrogen-bond acceptors (Lipinski definition) is 3. The van der Waals surface area contributed by atoms with Gasteiger partial charge < -0.3 is 15.5 Å². The molecule has 2 aromatic rings. The molecule has 3 nitrogen and oxygen atoms in total. The third kappa shape index (κ3) is 3.01. The van der Waals surface area contributed by atoms with Crippen LogP contribution in [0.3, 0.4) is 0 Å². The topological polar surface area (TPSA) is 52.5 Å². The second-order valence-electron chi connectivity index (χ2n) is 5.86. The highest BCUT2D eigenvalue weighted by molar-refractivity contribution is 5.83. The van der Waals surface area contributed by atoms with E-state index in [0.29, 0.717) is 6.54 Å². The predicted molar refractivity (Wildman–Crippen MR) is 80.7 cm³/mol. The van der Waals surface area contributed by atoms with Crippen LogP contribution in [0.15, 0.2) is 42.5 Å². The lowest BCUT2D eigenvalue weighted by Gasteiger charge is -2.19. The first-order valence-electron chi connectivity index (χ1n) is 7.22. The van der Waals surface area contributed by atoms with Crippen molar-refractivity contribution in [2.24, 2.45) is 0 Å². The summed E-state index contributed by atoms with van der Waals surface area (Å²) in [5.74, 6) is 0. The van der Waals surface area contributed by atoms with E-state index in [-0.39, 0.29) is 12.1 Å². The summed E-state index contributed by atoms with van der Waals surface area (Å²) in [6, 6.07) is 15.0. The second-order valence-corrected chi connectivity index (χ2v) is 5.86. The fourth-order valence-corrected chi connectivity index (χ4v) is 2.71. The maximum Gasteiger partial charge on any atom is 0.0895 e. The van der Waals surface area contributed by atoms with Crippen LogP contribution in [-0.2, 0) is 6.42 Å². The molecule has 106 valence electrons. The fourth-order valence-electron chi connectivity index (χ4n) is 2.71. The molecule has 0 aromatic heterocycles. The number of aliphatic hydroxyl groups excluding tert-OH is 2. The number of rotatable bonds is 6. The van der Waals surface area contributed by atoms with Crippen LogP contribution in [0, 0.1) is 0 Å². The Morgan fingerprint density at radius 3 is 2.55 bits per heavy atom. The Labute approximate surface area is 119 Å². The van der Waals surface area contributed by atoms with Gasteiger partial charge in [0.2, 0.25) is 0 Å². The minimum Gasteiger partial charge on any atom is -0.394 e. The zero-order valence-electron chi connectivity index (χ0n) is 11.5. The molecule has 0 aliphatic heterocycles. The molecule has 1 saturated carbocycles. The normalized spacial score (nSPS) is 18.1. The first-order chi connectivity index (χ1) is 9.71. The lowest BCUT2D eigenvalue weighted by molar-refractivity contribution is 0.0909. The molecule has 3 rings (SSSR count). The van der Waals surface area contributed by atoms with Gasteiger partial charge in [-0.05, 0) is 35.6 Å². The molecule has 0 bridgehead atoms. The number of hydrogen-bond donors (Lipinski definition) is 3. The summed E-state index contributed by atoms with van der Waals surface area (Å²) in [7, 11) is 0. The monoisotopic (exact) mass is 271 g/mol. The minimum absolute atomic E-state index is 0.124. The van der Waals surface area contributed by atoms with Gasteiger partial charge in [-0.2, -0.15) is 0 Å². The summed E-state index contributed by atoms with van der Waals surface area (Å²) in [5, 5.41) is 24.3. The summed E-state index contributed by atoms with van der Waals surface area (Å²) in [6.07, 6.45) is 2.59. The van der Waals surface area contributed by atoms with Crippen LogP contribution in [0.5, 0.6) is 0 Å². The van der Waals surface area contributed by atoms with Gasteiger partial charge in [0.1, 0.15) is 0 Å². The van der Waals surface area contributed by atoms with Crippen LogP contribution >= 0.6 is 0 Å². The maximum atomic E-state index is 9.44. The van der Waals surface area contributed by atoms with Crippen molar-refractivity contribution >= 4 is 10.8 Å². The summed E-state index contributed by atoms with van der Waals surface area (Å²) >= 11 is 0. The van der Waals surface area contributed by atoms with Gasteiger partial charge in [-0.3, -0.25) is 0 Å². The molecule has 2 aromatic carbocycles. The lowest BCUT2D eigenvalue weighted by Crippen LogP contribution is -2.40. The van der Waals surface area contributed by atoms with Gasteiger partial charge in [0.25, 0.3) is 0 Å². The quantitative estimate of drug-likeness (QED) is 0.751. The largest absolute Gasteiger partial charge is 0.394 e. The third-order valence-electron chi connectivity index (χ3n) is 4.13. The van der Waals surface area contributed by atoms with Gasteiger partial charge >= 0.3 is 0 Å². The zero-order valence-corrected chi connectivity index (χ0v) is 11.5. The van der Waals surface area contributed by atoms with Crippen LogP contribution < -0.4 is 5.32 Å². The predicted octanol–water partition coefficient (Wildman–Crippen LogP) is 1.86. The number of β-amino-alcohol motifs (C(OH)–C–C–N with tert-alkyl or cyclic N) is 1. The first-order valence-corrected chi connectivity index (χ1v) is 7.22. The van der Waals surface area contributed by atoms with Crippen LogP contribution in [0.25, 0.3) is 10.8 Å². The van der Waals surface area contributed by atoms with E-state index >= 15 is 0 Å². The molecule has 1 fully saturated rings. The second kappa shape index (κ2) is 5.52. The lowest BCUT2D eigenvalue weighted by atomic mass is 10.0. The molecular weight excluding hydrogens is 250 g/mol. The smallest absolute Gasteiger partial charge is 0.0895 e. The SMILES string of the molecule is OC[C@H](O)CNC1(Cc2ccc3ccccc3c2)CC1. The summed E-state index contributed by atoms with van der Waals surface area (Å²) in [6.45, 7) is 0.281. The number of aliphatic hydroxyl groups is 2. The molecule has 3 heteroatoms. The Hall–Kier alpha value is -1.42. The Bertz CT molecular complexity index is 592. The van der Waals surface area contributed by atoms with Crippen molar-refractivity contribution in [2.75, 3.05) is 13.2 Å². The van der Waals surface area contributed by atoms with Gasteiger partial charge in [-0.1, -0.05) is 42.5 Å². The molecule has 0 unspecified atom stereocenters. The van der Waals surface area contributed by atoms with E-state index < -0.39 is 6.10 Å². The van der Waals surface area contributed by atoms with Crippen molar-refractivity contribution < 1.29 is 10.2 Å². The average molecular weight is 271 g/mol. The van der Waals surface area contributed by atoms with E-state index in [1.54, 1.807) is 0 Å². The summed E-state index contributed by atoms with van der Waals surface area (Å²) in [4.78, 5) is 0. The minimum atomic E-state index is -0.663. The van der Waals surface area contributed by atoms with Crippen molar-refractivity contribution in [1.82, 2.24) is 5.32 Å². The molecule has 0 spiro atoms. The molecule has 1 atom stereocenters. The Morgan fingerprint density at radius 2 is 1.85 bits per heavy atom. The van der Waals surface area contributed by atoms with E-state index in [0.717, 1.165) is 19.3 Å². The highest BCUT2D eigenvalue weighted by Gasteiger charge is 2.42. The van der Waals surface area contributed by atoms with Gasteiger partial charge in [0.15, 0.2) is 0 Å². The third-order valence-corrected chi connectivity index (χ3v) is 4.13. The van der Waals surface area contributed by atoms with Gasteiger partial charge in [0, 0.05) is 12.1 Å². The molecule has 20 heavy (non-hydrogen) atoms. The highest BCUT2D eigenvalue weighted by Crippen LogP contribution is 2.38. The molecule has 0 radical (unpaired) electrons. The van der Waals surface area contributed by atoms with Crippen molar-refractivity contribution in [1.29, 1.82) is 0 Å². The standard InChI is InChI=1S/C17H21NO2/c19-12-16(20)11-18-17(7-8-17)10-13-5-6-14-3-1-2-4-15(14)9-13/h1-6,9,16,18-20H,7-8,10-12H2/t16-/m1/s1. The van der Waals surface area contributed by atoms with Crippen molar-refractivity contribution in [2.45, 2.75) is 30.9 Å². The van der Waals surface area contributed by atoms with E-state index in [9.17, 15) is 5.11 Å². The number of fused-ring (bicyclic) bond motifs is 1. The van der Waals surface area contributed by atoms with Crippen LogP contribution in [0.4, 0.5) is 0 Å². The molecular formula is C17H21NO2. The number of nitrogens with one attached hydrogen (secondary N) is 1. The molecule has 0 saturated heterocycles. The molecule has 1 aliphatic carbocycles. The van der Waals surface area contributed by atoms with Crippen LogP contribution in [0.2, 0.25) is 0 Å². The highest BCUT2D eigenvalue weighted by atomic mass is 16.3. The van der Waals surface area contributed by atoms with E-state index in [1.807, 2.05) is 0 Å². The van der Waals surface area contributed by atoms with Crippen LogP contribution in [-0.4, -0.2) is 35.0 Å². The number of benzene rings is 2. The van der Waals surface area contributed by atoms with Crippen molar-refractivity contribution in [3.63, 3.8) is 0 Å². The fraction of sp³-hybridized carbons (Fsp3) is 0.412. The Balaban J connectivity index is 1.69. The van der Waals surface area contributed by atoms with Gasteiger partial charge in [-0.15, -0.1) is 0 Å². The van der Waals surface area contributed by atoms with Gasteiger partial charge in [-0.25, -0.2) is 0 Å². The Morgan fingerprint density at radius 1 is 1.10 bits per heavy atom. The average Bonchev–Trinajstić information content (AvgIpc) is 3.24. The maximum absolute atomic E-state index is 9.44. The van der Waals surface area contributed by atoms with Crippen molar-refractivity contribution in [3.8, 4) is 0 Å². The van der Waals surface area contributed by atoms with Crippen LogP contribution in [0.1, 0.15) is 18.4 Å². The first kappa shape index (κ1) is 13.6. The molecule has 0 amide bonds. The zero-order chi connectivity index (χ0) is 14.0.